The van der Waals surface area contributed by atoms with E-state index in [0.717, 1.165) is 77.0 Å². The number of allylic oxidation sites excluding steroid dienone is 13. The van der Waals surface area contributed by atoms with Crippen molar-refractivity contribution in [1.29, 1.82) is 0 Å². The SMILES string of the molecule is CC/C=C\C/C=C\C/C=C\C/C=C\C/C=C\C/C=C\CCCCCCCCCCCCCCCCCCCCCCCCC(=O)NC(COC1OC(CO)C(O)C(O)C1O)C(O)/C=C/CCCCCCCCCCCCCCCCCCCCCCCCCCCCCCC. The Balaban J connectivity index is 2.05. The van der Waals surface area contributed by atoms with E-state index in [4.69, 9.17) is 9.47 Å². The van der Waals surface area contributed by atoms with Gasteiger partial charge in [0.15, 0.2) is 6.29 Å². The minimum Gasteiger partial charge on any atom is -0.394 e. The lowest BCUT2D eigenvalue weighted by molar-refractivity contribution is -0.302. The molecule has 0 aromatic rings. The molecule has 0 saturated carbocycles. The van der Waals surface area contributed by atoms with Gasteiger partial charge in [-0.15, -0.1) is 0 Å². The Morgan fingerprint density at radius 3 is 0.968 bits per heavy atom. The molecule has 1 aliphatic rings. The number of nitrogens with one attached hydrogen (secondary N) is 1. The van der Waals surface area contributed by atoms with Gasteiger partial charge in [0.05, 0.1) is 25.4 Å². The van der Waals surface area contributed by atoms with Crippen LogP contribution in [0.1, 0.15) is 399 Å². The van der Waals surface area contributed by atoms with Crippen molar-refractivity contribution >= 4 is 5.91 Å². The van der Waals surface area contributed by atoms with E-state index in [1.807, 2.05) is 6.08 Å². The Labute approximate surface area is 588 Å². The van der Waals surface area contributed by atoms with Crippen LogP contribution in [0.25, 0.3) is 0 Å². The van der Waals surface area contributed by atoms with Crippen LogP contribution in [-0.2, 0) is 14.3 Å². The second-order valence-corrected chi connectivity index (χ2v) is 28.5. The number of hydrogen-bond donors (Lipinski definition) is 6. The molecule has 1 aliphatic heterocycles. The van der Waals surface area contributed by atoms with Crippen molar-refractivity contribution in [3.63, 3.8) is 0 Å². The Morgan fingerprint density at radius 2 is 0.653 bits per heavy atom. The van der Waals surface area contributed by atoms with Gasteiger partial charge in [0.1, 0.15) is 24.4 Å². The topological polar surface area (TPSA) is 149 Å². The number of ether oxygens (including phenoxy) is 2. The highest BCUT2D eigenvalue weighted by atomic mass is 16.7. The fourth-order valence-electron chi connectivity index (χ4n) is 13.1. The van der Waals surface area contributed by atoms with Gasteiger partial charge < -0.3 is 40.3 Å². The number of carbonyl (C=O) groups is 1. The molecule has 9 heteroatoms. The predicted molar refractivity (Wildman–Crippen MR) is 410 cm³/mol. The molecule has 1 rings (SSSR count). The monoisotopic (exact) mass is 1330 g/mol. The molecule has 7 unspecified atom stereocenters. The smallest absolute Gasteiger partial charge is 0.220 e. The molecule has 1 fully saturated rings. The lowest BCUT2D eigenvalue weighted by atomic mass is 9.99. The Morgan fingerprint density at radius 1 is 0.368 bits per heavy atom. The van der Waals surface area contributed by atoms with E-state index >= 15 is 0 Å². The minimum atomic E-state index is -1.57. The van der Waals surface area contributed by atoms with E-state index in [9.17, 15) is 30.3 Å². The molecule has 9 nitrogen and oxygen atoms in total. The van der Waals surface area contributed by atoms with Gasteiger partial charge in [0.25, 0.3) is 0 Å². The number of aliphatic hydroxyl groups is 5. The molecule has 0 bridgehead atoms. The highest BCUT2D eigenvalue weighted by Gasteiger charge is 2.44. The lowest BCUT2D eigenvalue weighted by Crippen LogP contribution is -2.60. The van der Waals surface area contributed by atoms with Crippen molar-refractivity contribution in [3.05, 3.63) is 85.1 Å². The molecule has 1 saturated heterocycles. The molecule has 0 spiro atoms. The van der Waals surface area contributed by atoms with Gasteiger partial charge in [-0.25, -0.2) is 0 Å². The van der Waals surface area contributed by atoms with Crippen molar-refractivity contribution in [2.24, 2.45) is 0 Å². The minimum absolute atomic E-state index is 0.170. The summed E-state index contributed by atoms with van der Waals surface area (Å²) in [5.41, 5.74) is 0. The van der Waals surface area contributed by atoms with Crippen molar-refractivity contribution in [3.8, 4) is 0 Å². The molecule has 0 aromatic carbocycles. The van der Waals surface area contributed by atoms with Crippen LogP contribution in [0, 0.1) is 0 Å². The zero-order chi connectivity index (χ0) is 68.5. The molecule has 554 valence electrons. The second-order valence-electron chi connectivity index (χ2n) is 28.5. The maximum Gasteiger partial charge on any atom is 0.220 e. The lowest BCUT2D eigenvalue weighted by Gasteiger charge is -2.40. The second kappa shape index (κ2) is 74.1. The number of unbranched alkanes of at least 4 members (excludes halogenated alkanes) is 51. The van der Waals surface area contributed by atoms with Gasteiger partial charge in [-0.3, -0.25) is 4.79 Å². The zero-order valence-electron chi connectivity index (χ0n) is 62.4. The Kier molecular flexibility index (Phi) is 70.5. The fraction of sp³-hybridized carbons (Fsp3) is 0.826. The largest absolute Gasteiger partial charge is 0.394 e. The van der Waals surface area contributed by atoms with E-state index in [-0.39, 0.29) is 12.5 Å². The highest BCUT2D eigenvalue weighted by Crippen LogP contribution is 2.24. The van der Waals surface area contributed by atoms with Crippen LogP contribution in [0.3, 0.4) is 0 Å². The van der Waals surface area contributed by atoms with Crippen molar-refractivity contribution in [2.45, 2.75) is 442 Å². The summed E-state index contributed by atoms with van der Waals surface area (Å²) >= 11 is 0. The molecule has 0 aromatic heterocycles. The summed E-state index contributed by atoms with van der Waals surface area (Å²) in [6.45, 7) is 3.72. The first-order valence-corrected chi connectivity index (χ1v) is 41.3. The predicted octanol–water partition coefficient (Wildman–Crippen LogP) is 24.0. The van der Waals surface area contributed by atoms with Gasteiger partial charge in [-0.1, -0.05) is 407 Å². The first-order valence-electron chi connectivity index (χ1n) is 41.3. The van der Waals surface area contributed by atoms with Gasteiger partial charge >= 0.3 is 0 Å². The summed E-state index contributed by atoms with van der Waals surface area (Å²) in [6.07, 6.45) is 100. The number of carbonyl (C=O) groups excluding carboxylic acids is 1. The third-order valence-electron chi connectivity index (χ3n) is 19.5. The van der Waals surface area contributed by atoms with Crippen LogP contribution >= 0.6 is 0 Å². The molecule has 7 atom stereocenters. The molecule has 95 heavy (non-hydrogen) atoms. The van der Waals surface area contributed by atoms with E-state index in [1.165, 1.54) is 302 Å². The quantitative estimate of drug-likeness (QED) is 0.0261. The Bertz CT molecular complexity index is 1790. The van der Waals surface area contributed by atoms with Gasteiger partial charge in [0.2, 0.25) is 5.91 Å². The summed E-state index contributed by atoms with van der Waals surface area (Å²) in [5, 5.41) is 55.0. The van der Waals surface area contributed by atoms with Gasteiger partial charge in [-0.2, -0.15) is 0 Å². The molecule has 0 radical (unpaired) electrons. The summed E-state index contributed by atoms with van der Waals surface area (Å²) in [6, 6.07) is -0.808. The van der Waals surface area contributed by atoms with Crippen LogP contribution in [0.4, 0.5) is 0 Å². The third kappa shape index (κ3) is 62.1. The molecular formula is C86H157NO8. The molecule has 6 N–H and O–H groups in total. The first-order chi connectivity index (χ1) is 46.8. The highest BCUT2D eigenvalue weighted by molar-refractivity contribution is 5.76. The summed E-state index contributed by atoms with van der Waals surface area (Å²) in [5.74, 6) is -0.170. The summed E-state index contributed by atoms with van der Waals surface area (Å²) in [7, 11) is 0. The molecule has 0 aliphatic carbocycles. The third-order valence-corrected chi connectivity index (χ3v) is 19.5. The summed E-state index contributed by atoms with van der Waals surface area (Å²) < 4.78 is 11.4. The maximum atomic E-state index is 13.2. The number of amides is 1. The van der Waals surface area contributed by atoms with Crippen molar-refractivity contribution in [2.75, 3.05) is 13.2 Å². The average molecular weight is 1330 g/mol. The first kappa shape index (κ1) is 90.4. The van der Waals surface area contributed by atoms with Crippen LogP contribution < -0.4 is 5.32 Å². The van der Waals surface area contributed by atoms with Crippen LogP contribution in [0.15, 0.2) is 85.1 Å². The van der Waals surface area contributed by atoms with E-state index in [2.05, 4.69) is 92.1 Å². The van der Waals surface area contributed by atoms with Crippen molar-refractivity contribution in [1.82, 2.24) is 5.32 Å². The number of hydrogen-bond acceptors (Lipinski definition) is 8. The van der Waals surface area contributed by atoms with Crippen LogP contribution in [0.5, 0.6) is 0 Å². The molecular weight excluding hydrogens is 1170 g/mol. The normalized spacial score (nSPS) is 17.9. The zero-order valence-corrected chi connectivity index (χ0v) is 62.4. The van der Waals surface area contributed by atoms with Crippen molar-refractivity contribution < 1.29 is 39.8 Å². The molecule has 1 amide bonds. The Hall–Kier alpha value is -2.63. The van der Waals surface area contributed by atoms with Crippen LogP contribution in [0.2, 0.25) is 0 Å². The van der Waals surface area contributed by atoms with E-state index in [0.29, 0.717) is 6.42 Å². The average Bonchev–Trinajstić information content (AvgIpc) is 0.836. The van der Waals surface area contributed by atoms with Crippen LogP contribution in [-0.4, -0.2) is 87.5 Å². The number of aliphatic hydroxyl groups excluding tert-OH is 5. The van der Waals surface area contributed by atoms with Gasteiger partial charge in [-0.05, 0) is 70.6 Å². The summed E-state index contributed by atoms with van der Waals surface area (Å²) in [4.78, 5) is 13.2. The molecule has 1 heterocycles. The van der Waals surface area contributed by atoms with Gasteiger partial charge in [0, 0.05) is 6.42 Å². The van der Waals surface area contributed by atoms with E-state index < -0.39 is 49.5 Å². The standard InChI is InChI=1S/C86H157NO8/c1-3-5-7-9-11-13-15-17-19-21-23-25-27-29-31-33-35-36-37-38-39-40-41-42-43-44-46-48-50-52-54-56-58-60-62-64-66-68-70-72-74-76-82(90)87-79(78-94-86-85(93)84(92)83(91)81(77-88)95-86)80(89)75-73-71-69-67-65-63-61-59-57-55-53-51-49-47-45-34-32-30-28-26-24-22-20-18-16-14-12-10-8-6-4-2/h5,7,11,13,17,19,23,25,29,31,35-36,73,75,79-81,83-86,88-89,91-93H,3-4,6,8-10,12,14-16,18,20-22,24,26-28,30,32-34,37-72,74,76-78H2,1-2H3,(H,87,90)/b7-5-,13-11-,19-17-,25-23-,31-29-,36-35-,75-73+. The van der Waals surface area contributed by atoms with E-state index in [1.54, 1.807) is 6.08 Å². The number of rotatable bonds is 73. The fourth-order valence-corrected chi connectivity index (χ4v) is 13.1. The maximum absolute atomic E-state index is 13.2.